The number of carbonyl (C=O) groups is 1. The van der Waals surface area contributed by atoms with Gasteiger partial charge in [-0.05, 0) is 30.2 Å². The van der Waals surface area contributed by atoms with E-state index < -0.39 is 0 Å². The first-order chi connectivity index (χ1) is 8.66. The fourth-order valence-electron chi connectivity index (χ4n) is 1.68. The molecule has 0 saturated heterocycles. The monoisotopic (exact) mass is 241 g/mol. The van der Waals surface area contributed by atoms with Crippen LogP contribution in [0, 0.1) is 6.92 Å². The Morgan fingerprint density at radius 3 is 2.78 bits per heavy atom. The molecule has 0 saturated carbocycles. The maximum absolute atomic E-state index is 11.9. The van der Waals surface area contributed by atoms with Crippen LogP contribution < -0.4 is 11.1 Å². The summed E-state index contributed by atoms with van der Waals surface area (Å²) in [6.45, 7) is 1.98. The Balaban J connectivity index is 2.06. The van der Waals surface area contributed by atoms with Crippen molar-refractivity contribution in [1.29, 1.82) is 0 Å². The van der Waals surface area contributed by atoms with Crippen LogP contribution in [0.25, 0.3) is 0 Å². The summed E-state index contributed by atoms with van der Waals surface area (Å²) >= 11 is 0. The van der Waals surface area contributed by atoms with Gasteiger partial charge in [-0.15, -0.1) is 0 Å². The van der Waals surface area contributed by atoms with E-state index in [1.807, 2.05) is 31.2 Å². The van der Waals surface area contributed by atoms with Crippen LogP contribution in [0.2, 0.25) is 0 Å². The van der Waals surface area contributed by atoms with E-state index >= 15 is 0 Å². The summed E-state index contributed by atoms with van der Waals surface area (Å²) < 4.78 is 0. The second-order valence-corrected chi connectivity index (χ2v) is 4.09. The zero-order chi connectivity index (χ0) is 13.0. The van der Waals surface area contributed by atoms with Crippen molar-refractivity contribution in [3.8, 4) is 0 Å². The van der Waals surface area contributed by atoms with Gasteiger partial charge >= 0.3 is 0 Å². The number of benzene rings is 1. The highest BCUT2D eigenvalue weighted by molar-refractivity contribution is 5.93. The molecule has 0 aliphatic carbocycles. The minimum Gasteiger partial charge on any atom is -0.396 e. The summed E-state index contributed by atoms with van der Waals surface area (Å²) in [6.07, 6.45) is 1.92. The maximum atomic E-state index is 11.9. The highest BCUT2D eigenvalue weighted by Gasteiger charge is 2.08. The molecule has 0 aliphatic rings. The molecule has 0 bridgehead atoms. The van der Waals surface area contributed by atoms with Crippen LogP contribution in [-0.2, 0) is 11.2 Å². The van der Waals surface area contributed by atoms with Crippen LogP contribution in [-0.4, -0.2) is 10.9 Å². The van der Waals surface area contributed by atoms with Gasteiger partial charge in [0.25, 0.3) is 0 Å². The third kappa shape index (κ3) is 2.85. The van der Waals surface area contributed by atoms with Crippen molar-refractivity contribution < 1.29 is 4.79 Å². The highest BCUT2D eigenvalue weighted by atomic mass is 16.1. The Labute approximate surface area is 106 Å². The molecule has 1 amide bonds. The number of carbonyl (C=O) groups excluding carboxylic acids is 1. The summed E-state index contributed by atoms with van der Waals surface area (Å²) in [5.41, 5.74) is 8.29. The summed E-state index contributed by atoms with van der Waals surface area (Å²) in [4.78, 5) is 15.9. The van der Waals surface area contributed by atoms with E-state index in [2.05, 4.69) is 10.3 Å². The normalized spacial score (nSPS) is 10.1. The zero-order valence-electron chi connectivity index (χ0n) is 10.2. The lowest BCUT2D eigenvalue weighted by Crippen LogP contribution is -2.16. The van der Waals surface area contributed by atoms with E-state index in [1.165, 1.54) is 0 Å². The molecule has 0 fully saturated rings. The molecular formula is C14H15N3O. The number of amides is 1. The van der Waals surface area contributed by atoms with Crippen molar-refractivity contribution in [3.63, 3.8) is 0 Å². The van der Waals surface area contributed by atoms with Crippen LogP contribution in [0.15, 0.2) is 42.6 Å². The Hall–Kier alpha value is -2.36. The lowest BCUT2D eigenvalue weighted by atomic mass is 10.1. The summed E-state index contributed by atoms with van der Waals surface area (Å²) in [5.74, 6) is 0.297. The van der Waals surface area contributed by atoms with Crippen LogP contribution >= 0.6 is 0 Å². The van der Waals surface area contributed by atoms with Crippen LogP contribution in [0.1, 0.15) is 11.1 Å². The molecule has 4 nitrogen and oxygen atoms in total. The number of nitrogens with zero attached hydrogens (tertiary/aromatic N) is 1. The molecule has 0 radical (unpaired) electrons. The Morgan fingerprint density at radius 2 is 2.06 bits per heavy atom. The van der Waals surface area contributed by atoms with Crippen LogP contribution in [0.4, 0.5) is 11.5 Å². The zero-order valence-corrected chi connectivity index (χ0v) is 10.2. The molecule has 2 rings (SSSR count). The van der Waals surface area contributed by atoms with Gasteiger partial charge in [0.05, 0.1) is 12.1 Å². The van der Waals surface area contributed by atoms with Crippen molar-refractivity contribution in [2.45, 2.75) is 13.3 Å². The molecule has 3 N–H and O–H groups in total. The van der Waals surface area contributed by atoms with Gasteiger partial charge in [-0.1, -0.05) is 24.3 Å². The van der Waals surface area contributed by atoms with Gasteiger partial charge in [-0.25, -0.2) is 4.98 Å². The summed E-state index contributed by atoms with van der Waals surface area (Å²) in [7, 11) is 0. The molecule has 4 heteroatoms. The van der Waals surface area contributed by atoms with E-state index in [1.54, 1.807) is 18.3 Å². The van der Waals surface area contributed by atoms with Gasteiger partial charge in [0.1, 0.15) is 0 Å². The SMILES string of the molecule is Cc1ccccc1CC(=O)Nc1ncccc1N. The molecule has 0 aliphatic heterocycles. The van der Waals surface area contributed by atoms with Crippen LogP contribution in [0.5, 0.6) is 0 Å². The predicted octanol–water partition coefficient (Wildman–Crippen LogP) is 2.15. The number of pyridine rings is 1. The van der Waals surface area contributed by atoms with Crippen molar-refractivity contribution in [2.24, 2.45) is 0 Å². The van der Waals surface area contributed by atoms with Gasteiger partial charge in [0.15, 0.2) is 5.82 Å². The van der Waals surface area contributed by atoms with Gasteiger partial charge in [-0.3, -0.25) is 4.79 Å². The van der Waals surface area contributed by atoms with Gasteiger partial charge in [0.2, 0.25) is 5.91 Å². The topological polar surface area (TPSA) is 68.0 Å². The lowest BCUT2D eigenvalue weighted by Gasteiger charge is -2.08. The fourth-order valence-corrected chi connectivity index (χ4v) is 1.68. The first-order valence-electron chi connectivity index (χ1n) is 5.71. The number of rotatable bonds is 3. The number of aryl methyl sites for hydroxylation is 1. The molecule has 1 heterocycles. The molecule has 0 atom stereocenters. The Kier molecular flexibility index (Phi) is 3.57. The maximum Gasteiger partial charge on any atom is 0.230 e. The average Bonchev–Trinajstić information content (AvgIpc) is 2.35. The van der Waals surface area contributed by atoms with Crippen molar-refractivity contribution >= 4 is 17.4 Å². The third-order valence-corrected chi connectivity index (χ3v) is 2.71. The molecule has 2 aromatic rings. The average molecular weight is 241 g/mol. The Morgan fingerprint density at radius 1 is 1.28 bits per heavy atom. The summed E-state index contributed by atoms with van der Waals surface area (Å²) in [5, 5.41) is 2.71. The second kappa shape index (κ2) is 5.31. The van der Waals surface area contributed by atoms with E-state index in [0.717, 1.165) is 11.1 Å². The minimum atomic E-state index is -0.116. The van der Waals surface area contributed by atoms with Gasteiger partial charge < -0.3 is 11.1 Å². The number of anilines is 2. The molecule has 1 aromatic heterocycles. The first kappa shape index (κ1) is 12.1. The van der Waals surface area contributed by atoms with Crippen molar-refractivity contribution in [3.05, 3.63) is 53.7 Å². The number of aromatic nitrogens is 1. The lowest BCUT2D eigenvalue weighted by molar-refractivity contribution is -0.115. The number of hydrogen-bond donors (Lipinski definition) is 2. The fraction of sp³-hybridized carbons (Fsp3) is 0.143. The Bertz CT molecular complexity index is 517. The van der Waals surface area contributed by atoms with E-state index in [4.69, 9.17) is 5.73 Å². The van der Waals surface area contributed by atoms with Crippen molar-refractivity contribution in [1.82, 2.24) is 4.98 Å². The number of nitrogens with one attached hydrogen (secondary N) is 1. The molecule has 1 aromatic carbocycles. The largest absolute Gasteiger partial charge is 0.396 e. The highest BCUT2D eigenvalue weighted by Crippen LogP contribution is 2.14. The van der Waals surface area contributed by atoms with Gasteiger partial charge in [0, 0.05) is 6.20 Å². The quantitative estimate of drug-likeness (QED) is 0.865. The van der Waals surface area contributed by atoms with Gasteiger partial charge in [-0.2, -0.15) is 0 Å². The molecule has 92 valence electrons. The van der Waals surface area contributed by atoms with Crippen LogP contribution in [0.3, 0.4) is 0 Å². The number of nitrogens with two attached hydrogens (primary N) is 1. The number of hydrogen-bond acceptors (Lipinski definition) is 3. The smallest absolute Gasteiger partial charge is 0.230 e. The third-order valence-electron chi connectivity index (χ3n) is 2.71. The van der Waals surface area contributed by atoms with E-state index in [9.17, 15) is 4.79 Å². The first-order valence-corrected chi connectivity index (χ1v) is 5.71. The molecular weight excluding hydrogens is 226 g/mol. The molecule has 0 spiro atoms. The van der Waals surface area contributed by atoms with E-state index in [-0.39, 0.29) is 5.91 Å². The molecule has 0 unspecified atom stereocenters. The van der Waals surface area contributed by atoms with Crippen molar-refractivity contribution in [2.75, 3.05) is 11.1 Å². The predicted molar refractivity (Wildman–Crippen MR) is 72.2 cm³/mol. The second-order valence-electron chi connectivity index (χ2n) is 4.09. The number of nitrogen functional groups attached to an aromatic ring is 1. The summed E-state index contributed by atoms with van der Waals surface area (Å²) in [6, 6.07) is 11.2. The standard InChI is InChI=1S/C14H15N3O/c1-10-5-2-3-6-11(10)9-13(18)17-14-12(15)7-4-8-16-14/h2-8H,9,15H2,1H3,(H,16,17,18). The minimum absolute atomic E-state index is 0.116. The molecule has 18 heavy (non-hydrogen) atoms. The van der Waals surface area contributed by atoms with E-state index in [0.29, 0.717) is 17.9 Å².